The highest BCUT2D eigenvalue weighted by Gasteiger charge is 2.08. The normalized spacial score (nSPS) is 10.4. The smallest absolute Gasteiger partial charge is 0.264 e. The number of carbonyl (C=O) groups is 1. The molecule has 0 radical (unpaired) electrons. The van der Waals surface area contributed by atoms with E-state index in [0.717, 1.165) is 21.3 Å². The van der Waals surface area contributed by atoms with Gasteiger partial charge in [-0.25, -0.2) is 4.98 Å². The van der Waals surface area contributed by atoms with Crippen LogP contribution in [-0.2, 0) is 4.79 Å². The zero-order valence-corrected chi connectivity index (χ0v) is 15.6. The van der Waals surface area contributed by atoms with Gasteiger partial charge in [0.25, 0.3) is 5.91 Å². The maximum Gasteiger partial charge on any atom is 0.264 e. The molecular weight excluding hydrogens is 370 g/mol. The van der Waals surface area contributed by atoms with Crippen LogP contribution in [0.15, 0.2) is 72.8 Å². The molecule has 0 unspecified atom stereocenters. The Labute approximate surface area is 165 Å². The molecule has 0 fully saturated rings. The van der Waals surface area contributed by atoms with E-state index in [-0.39, 0.29) is 12.5 Å². The van der Waals surface area contributed by atoms with Gasteiger partial charge in [0.05, 0.1) is 21.8 Å². The Morgan fingerprint density at radius 3 is 2.36 bits per heavy atom. The molecule has 0 spiro atoms. The molecule has 1 aromatic heterocycles. The second-order valence-electron chi connectivity index (χ2n) is 6.04. The fourth-order valence-corrected chi connectivity index (χ4v) is 3.59. The van der Waals surface area contributed by atoms with Crippen molar-refractivity contribution in [2.75, 3.05) is 11.9 Å². The predicted octanol–water partition coefficient (Wildman–Crippen LogP) is 4.85. The molecule has 5 nitrogen and oxygen atoms in total. The molecule has 0 saturated heterocycles. The lowest BCUT2D eigenvalue weighted by atomic mass is 10.0. The van der Waals surface area contributed by atoms with Crippen molar-refractivity contribution in [3.8, 4) is 22.9 Å². The van der Waals surface area contributed by atoms with E-state index < -0.39 is 0 Å². The van der Waals surface area contributed by atoms with E-state index in [1.54, 1.807) is 12.1 Å². The number of anilines is 1. The largest absolute Gasteiger partial charge is 0.484 e. The Balaban J connectivity index is 1.35. The fourth-order valence-electron chi connectivity index (χ4n) is 2.71. The summed E-state index contributed by atoms with van der Waals surface area (Å²) in [6.45, 7) is -0.0911. The van der Waals surface area contributed by atoms with Gasteiger partial charge in [0.2, 0.25) is 0 Å². The molecule has 1 amide bonds. The van der Waals surface area contributed by atoms with Crippen molar-refractivity contribution in [2.24, 2.45) is 0 Å². The van der Waals surface area contributed by atoms with Crippen molar-refractivity contribution in [2.45, 2.75) is 0 Å². The molecule has 0 aliphatic carbocycles. The number of amides is 1. The van der Waals surface area contributed by atoms with Crippen LogP contribution in [0.25, 0.3) is 21.3 Å². The van der Waals surface area contributed by atoms with Gasteiger partial charge in [0, 0.05) is 0 Å². The topological polar surface area (TPSA) is 75.0 Å². The number of nitrogens with zero attached hydrogens (tertiary/aromatic N) is 2. The number of rotatable bonds is 5. The lowest BCUT2D eigenvalue weighted by molar-refractivity contribution is -0.118. The average molecular weight is 385 g/mol. The highest BCUT2D eigenvalue weighted by molar-refractivity contribution is 7.22. The van der Waals surface area contributed by atoms with Crippen LogP contribution in [0.4, 0.5) is 5.13 Å². The van der Waals surface area contributed by atoms with Gasteiger partial charge < -0.3 is 4.74 Å². The Morgan fingerprint density at radius 1 is 1.00 bits per heavy atom. The van der Waals surface area contributed by atoms with Crippen molar-refractivity contribution in [1.82, 2.24) is 4.98 Å². The first-order chi connectivity index (χ1) is 13.7. The number of para-hydroxylation sites is 1. The number of carbonyl (C=O) groups excluding carboxylic acids is 1. The van der Waals surface area contributed by atoms with Crippen LogP contribution in [0.5, 0.6) is 5.75 Å². The molecule has 0 bridgehead atoms. The van der Waals surface area contributed by atoms with E-state index in [0.29, 0.717) is 16.4 Å². The van der Waals surface area contributed by atoms with Gasteiger partial charge in [-0.05, 0) is 47.5 Å². The molecule has 4 rings (SSSR count). The lowest BCUT2D eigenvalue weighted by Crippen LogP contribution is -2.19. The monoisotopic (exact) mass is 385 g/mol. The molecule has 0 aliphatic heterocycles. The fraction of sp³-hybridized carbons (Fsp3) is 0.0455. The van der Waals surface area contributed by atoms with Gasteiger partial charge in [-0.3, -0.25) is 10.1 Å². The number of benzene rings is 3. The summed E-state index contributed by atoms with van der Waals surface area (Å²) in [6, 6.07) is 24.7. The van der Waals surface area contributed by atoms with E-state index in [9.17, 15) is 4.79 Å². The Kier molecular flexibility index (Phi) is 5.00. The molecule has 0 atom stereocenters. The van der Waals surface area contributed by atoms with E-state index in [2.05, 4.69) is 16.4 Å². The first-order valence-corrected chi connectivity index (χ1v) is 9.42. The van der Waals surface area contributed by atoms with Crippen molar-refractivity contribution < 1.29 is 9.53 Å². The number of hydrogen-bond acceptors (Lipinski definition) is 5. The maximum atomic E-state index is 12.1. The van der Waals surface area contributed by atoms with Crippen LogP contribution in [-0.4, -0.2) is 17.5 Å². The third-order valence-electron chi connectivity index (χ3n) is 4.11. The zero-order chi connectivity index (χ0) is 19.3. The van der Waals surface area contributed by atoms with Crippen molar-refractivity contribution in [1.29, 1.82) is 5.26 Å². The highest BCUT2D eigenvalue weighted by Crippen LogP contribution is 2.25. The number of nitriles is 1. The minimum atomic E-state index is -0.254. The van der Waals surface area contributed by atoms with Crippen molar-refractivity contribution in [3.05, 3.63) is 78.4 Å². The van der Waals surface area contributed by atoms with Crippen molar-refractivity contribution >= 4 is 32.6 Å². The van der Waals surface area contributed by atoms with E-state index in [1.165, 1.54) is 11.3 Å². The third kappa shape index (κ3) is 4.00. The average Bonchev–Trinajstić information content (AvgIpc) is 3.15. The number of ether oxygens (including phenoxy) is 1. The summed E-state index contributed by atoms with van der Waals surface area (Å²) >= 11 is 1.43. The van der Waals surface area contributed by atoms with E-state index >= 15 is 0 Å². The van der Waals surface area contributed by atoms with Crippen LogP contribution >= 0.6 is 11.3 Å². The van der Waals surface area contributed by atoms with Crippen LogP contribution in [0.1, 0.15) is 5.56 Å². The van der Waals surface area contributed by atoms with Crippen LogP contribution < -0.4 is 10.1 Å². The molecule has 0 saturated carbocycles. The maximum absolute atomic E-state index is 12.1. The molecule has 28 heavy (non-hydrogen) atoms. The molecule has 0 aliphatic rings. The first-order valence-electron chi connectivity index (χ1n) is 8.60. The zero-order valence-electron chi connectivity index (χ0n) is 14.8. The highest BCUT2D eigenvalue weighted by atomic mass is 32.1. The van der Waals surface area contributed by atoms with Gasteiger partial charge in [-0.1, -0.05) is 47.7 Å². The van der Waals surface area contributed by atoms with Crippen LogP contribution in [0.2, 0.25) is 0 Å². The standard InChI is InChI=1S/C22H15N3O2S/c23-13-15-5-7-16(8-6-15)17-9-11-18(12-10-17)27-14-21(26)25-22-24-19-3-1-2-4-20(19)28-22/h1-12H,14H2,(H,24,25,26). The molecular formula is C22H15N3O2S. The van der Waals surface area contributed by atoms with E-state index in [4.69, 9.17) is 10.00 Å². The second kappa shape index (κ2) is 7.91. The first kappa shape index (κ1) is 17.7. The summed E-state index contributed by atoms with van der Waals surface area (Å²) in [4.78, 5) is 16.5. The second-order valence-corrected chi connectivity index (χ2v) is 7.07. The molecule has 6 heteroatoms. The Bertz CT molecular complexity index is 1130. The Hall–Kier alpha value is -3.69. The van der Waals surface area contributed by atoms with Crippen LogP contribution in [0.3, 0.4) is 0 Å². The Morgan fingerprint density at radius 2 is 1.68 bits per heavy atom. The summed E-state index contributed by atoms with van der Waals surface area (Å²) in [5, 5.41) is 12.2. The number of thiazole rings is 1. The van der Waals surface area contributed by atoms with Crippen molar-refractivity contribution in [3.63, 3.8) is 0 Å². The lowest BCUT2D eigenvalue weighted by Gasteiger charge is -2.07. The summed E-state index contributed by atoms with van der Waals surface area (Å²) in [5.41, 5.74) is 3.51. The van der Waals surface area contributed by atoms with Gasteiger partial charge in [0.15, 0.2) is 11.7 Å². The number of aromatic nitrogens is 1. The molecule has 4 aromatic rings. The van der Waals surface area contributed by atoms with Gasteiger partial charge in [-0.2, -0.15) is 5.26 Å². The summed E-state index contributed by atoms with van der Waals surface area (Å²) < 4.78 is 6.59. The third-order valence-corrected chi connectivity index (χ3v) is 5.06. The van der Waals surface area contributed by atoms with Gasteiger partial charge in [-0.15, -0.1) is 0 Å². The van der Waals surface area contributed by atoms with Gasteiger partial charge in [0.1, 0.15) is 5.75 Å². The minimum absolute atomic E-state index is 0.0911. The number of nitrogens with one attached hydrogen (secondary N) is 1. The number of hydrogen-bond donors (Lipinski definition) is 1. The molecule has 1 heterocycles. The SMILES string of the molecule is N#Cc1ccc(-c2ccc(OCC(=O)Nc3nc4ccccc4s3)cc2)cc1. The molecule has 1 N–H and O–H groups in total. The predicted molar refractivity (Wildman–Crippen MR) is 110 cm³/mol. The summed E-state index contributed by atoms with van der Waals surface area (Å²) in [7, 11) is 0. The molecule has 136 valence electrons. The van der Waals surface area contributed by atoms with Gasteiger partial charge >= 0.3 is 0 Å². The minimum Gasteiger partial charge on any atom is -0.484 e. The quantitative estimate of drug-likeness (QED) is 0.533. The van der Waals surface area contributed by atoms with Crippen LogP contribution in [0, 0.1) is 11.3 Å². The van der Waals surface area contributed by atoms with E-state index in [1.807, 2.05) is 60.7 Å². The number of fused-ring (bicyclic) bond motifs is 1. The summed E-state index contributed by atoms with van der Waals surface area (Å²) in [5.74, 6) is 0.354. The summed E-state index contributed by atoms with van der Waals surface area (Å²) in [6.07, 6.45) is 0. The molecule has 3 aromatic carbocycles.